The number of nitrogens with one attached hydrogen (secondary N) is 1. The van der Waals surface area contributed by atoms with Crippen molar-refractivity contribution in [3.63, 3.8) is 0 Å². The van der Waals surface area contributed by atoms with Crippen LogP contribution < -0.4 is 9.46 Å². The Bertz CT molecular complexity index is 955. The summed E-state index contributed by atoms with van der Waals surface area (Å²) < 4.78 is 36.9. The number of ketones is 1. The number of rotatable bonds is 8. The van der Waals surface area contributed by atoms with Gasteiger partial charge in [0.1, 0.15) is 17.3 Å². The second-order valence-electron chi connectivity index (χ2n) is 6.99. The van der Waals surface area contributed by atoms with Gasteiger partial charge in [0.05, 0.1) is 19.3 Å². The standard InChI is InChI=1S/C21H25NO5S/c1-4-5-6-19-20(21(23)14-7-10-16(26-2)11-8-14)17-13-15(22-28(3,24)25)9-12-18(17)27-19/h7-12,17,22H,4-6,13H2,1-3H3. The Kier molecular flexibility index (Phi) is 5.93. The lowest BCUT2D eigenvalue weighted by atomic mass is 9.85. The molecule has 1 heterocycles. The number of unbranched alkanes of at least 4 members (excludes halogenated alkanes) is 1. The minimum Gasteiger partial charge on any atom is -0.497 e. The number of benzene rings is 1. The van der Waals surface area contributed by atoms with Crippen LogP contribution in [0, 0.1) is 5.92 Å². The smallest absolute Gasteiger partial charge is 0.229 e. The Morgan fingerprint density at radius 3 is 2.57 bits per heavy atom. The van der Waals surface area contributed by atoms with Crippen molar-refractivity contribution in [2.45, 2.75) is 32.6 Å². The van der Waals surface area contributed by atoms with E-state index in [0.29, 0.717) is 46.9 Å². The second-order valence-corrected chi connectivity index (χ2v) is 8.74. The van der Waals surface area contributed by atoms with Crippen molar-refractivity contribution in [2.75, 3.05) is 13.4 Å². The van der Waals surface area contributed by atoms with Gasteiger partial charge in [-0.05, 0) is 42.8 Å². The number of fused-ring (bicyclic) bond motifs is 1. The molecule has 28 heavy (non-hydrogen) atoms. The average Bonchev–Trinajstić information content (AvgIpc) is 3.02. The fraction of sp³-hybridized carbons (Fsp3) is 0.381. The van der Waals surface area contributed by atoms with E-state index in [4.69, 9.17) is 9.47 Å². The van der Waals surface area contributed by atoms with Gasteiger partial charge < -0.3 is 9.47 Å². The summed E-state index contributed by atoms with van der Waals surface area (Å²) in [4.78, 5) is 13.3. The summed E-state index contributed by atoms with van der Waals surface area (Å²) in [6.45, 7) is 2.09. The van der Waals surface area contributed by atoms with Gasteiger partial charge in [-0.3, -0.25) is 9.52 Å². The normalized spacial score (nSPS) is 18.8. The highest BCUT2D eigenvalue weighted by Gasteiger charge is 2.38. The molecule has 1 atom stereocenters. The van der Waals surface area contributed by atoms with Crippen molar-refractivity contribution in [2.24, 2.45) is 5.92 Å². The largest absolute Gasteiger partial charge is 0.497 e. The topological polar surface area (TPSA) is 81.7 Å². The van der Waals surface area contributed by atoms with E-state index in [9.17, 15) is 13.2 Å². The first kappa shape index (κ1) is 20.2. The summed E-state index contributed by atoms with van der Waals surface area (Å²) in [5.74, 6) is 1.69. The van der Waals surface area contributed by atoms with E-state index < -0.39 is 10.0 Å². The molecule has 1 aromatic rings. The third-order valence-electron chi connectivity index (χ3n) is 4.78. The molecule has 0 bridgehead atoms. The maximum atomic E-state index is 13.3. The lowest BCUT2D eigenvalue weighted by molar-refractivity contribution is 0.102. The lowest BCUT2D eigenvalue weighted by Gasteiger charge is -2.20. The zero-order valence-electron chi connectivity index (χ0n) is 16.3. The molecule has 0 saturated heterocycles. The molecule has 0 aromatic heterocycles. The first-order valence-corrected chi connectivity index (χ1v) is 11.2. The van der Waals surface area contributed by atoms with Crippen LogP contribution in [0.15, 0.2) is 59.2 Å². The van der Waals surface area contributed by atoms with Gasteiger partial charge in [0.15, 0.2) is 5.78 Å². The molecule has 1 aromatic carbocycles. The second kappa shape index (κ2) is 8.22. The molecule has 1 N–H and O–H groups in total. The van der Waals surface area contributed by atoms with Gasteiger partial charge in [-0.2, -0.15) is 0 Å². The first-order chi connectivity index (χ1) is 13.3. The highest BCUT2D eigenvalue weighted by atomic mass is 32.2. The van der Waals surface area contributed by atoms with Crippen LogP contribution >= 0.6 is 0 Å². The van der Waals surface area contributed by atoms with Gasteiger partial charge in [0.25, 0.3) is 0 Å². The van der Waals surface area contributed by atoms with Crippen LogP contribution in [-0.2, 0) is 14.8 Å². The minimum absolute atomic E-state index is 0.0947. The van der Waals surface area contributed by atoms with E-state index in [1.54, 1.807) is 43.5 Å². The summed E-state index contributed by atoms with van der Waals surface area (Å²) in [6, 6.07) is 6.98. The van der Waals surface area contributed by atoms with Crippen LogP contribution in [0.3, 0.4) is 0 Å². The number of carbonyl (C=O) groups excluding carboxylic acids is 1. The molecular formula is C21H25NO5S. The Morgan fingerprint density at radius 1 is 1.25 bits per heavy atom. The molecule has 2 aliphatic rings. The molecule has 150 valence electrons. The van der Waals surface area contributed by atoms with Crippen molar-refractivity contribution < 1.29 is 22.7 Å². The molecule has 0 amide bonds. The van der Waals surface area contributed by atoms with Crippen LogP contribution in [0.25, 0.3) is 0 Å². The zero-order chi connectivity index (χ0) is 20.3. The van der Waals surface area contributed by atoms with E-state index in [-0.39, 0.29) is 11.7 Å². The number of methoxy groups -OCH3 is 1. The number of carbonyl (C=O) groups is 1. The van der Waals surface area contributed by atoms with Crippen molar-refractivity contribution in [3.8, 4) is 5.75 Å². The molecule has 0 radical (unpaired) electrons. The van der Waals surface area contributed by atoms with E-state index in [2.05, 4.69) is 11.6 Å². The molecule has 1 aliphatic carbocycles. The summed E-state index contributed by atoms with van der Waals surface area (Å²) in [5.41, 5.74) is 1.73. The Hall–Kier alpha value is -2.54. The highest BCUT2D eigenvalue weighted by molar-refractivity contribution is 7.88. The number of allylic oxidation sites excluding steroid dienone is 5. The van der Waals surface area contributed by atoms with Crippen LogP contribution in [0.5, 0.6) is 5.75 Å². The van der Waals surface area contributed by atoms with Crippen LogP contribution in [0.2, 0.25) is 0 Å². The predicted octanol–water partition coefficient (Wildman–Crippen LogP) is 3.69. The van der Waals surface area contributed by atoms with Crippen molar-refractivity contribution in [1.29, 1.82) is 0 Å². The van der Waals surface area contributed by atoms with Crippen molar-refractivity contribution >= 4 is 15.8 Å². The van der Waals surface area contributed by atoms with E-state index in [1.165, 1.54) is 0 Å². The number of sulfonamides is 1. The van der Waals surface area contributed by atoms with Crippen LogP contribution in [0.1, 0.15) is 43.0 Å². The SMILES string of the molecule is CCCCC1=C(C(=O)c2ccc(OC)cc2)C2CC(NS(C)(=O)=O)=CC=C2O1. The van der Waals surface area contributed by atoms with Gasteiger partial charge in [0, 0.05) is 29.7 Å². The van der Waals surface area contributed by atoms with Gasteiger partial charge in [0.2, 0.25) is 10.0 Å². The van der Waals surface area contributed by atoms with Crippen LogP contribution in [0.4, 0.5) is 0 Å². The molecule has 0 spiro atoms. The van der Waals surface area contributed by atoms with Gasteiger partial charge >= 0.3 is 0 Å². The summed E-state index contributed by atoms with van der Waals surface area (Å²) in [5, 5.41) is 0. The monoisotopic (exact) mass is 403 g/mol. The molecule has 6 nitrogen and oxygen atoms in total. The molecule has 1 aliphatic heterocycles. The minimum atomic E-state index is -3.38. The Labute approximate surface area is 166 Å². The molecule has 7 heteroatoms. The van der Waals surface area contributed by atoms with E-state index in [1.807, 2.05) is 0 Å². The average molecular weight is 404 g/mol. The van der Waals surface area contributed by atoms with Crippen LogP contribution in [-0.4, -0.2) is 27.6 Å². The first-order valence-electron chi connectivity index (χ1n) is 9.30. The Balaban J connectivity index is 1.93. The quantitative estimate of drug-likeness (QED) is 0.670. The number of ether oxygens (including phenoxy) is 2. The van der Waals surface area contributed by atoms with Gasteiger partial charge in [-0.25, -0.2) is 8.42 Å². The lowest BCUT2D eigenvalue weighted by Crippen LogP contribution is -2.25. The molecule has 0 saturated carbocycles. The van der Waals surface area contributed by atoms with E-state index in [0.717, 1.165) is 19.1 Å². The predicted molar refractivity (Wildman–Crippen MR) is 107 cm³/mol. The zero-order valence-corrected chi connectivity index (χ0v) is 17.1. The maximum Gasteiger partial charge on any atom is 0.229 e. The Morgan fingerprint density at radius 2 is 1.96 bits per heavy atom. The maximum absolute atomic E-state index is 13.3. The molecule has 0 fully saturated rings. The van der Waals surface area contributed by atoms with E-state index >= 15 is 0 Å². The number of hydrogen-bond acceptors (Lipinski definition) is 5. The molecule has 3 rings (SSSR count). The number of hydrogen-bond donors (Lipinski definition) is 1. The van der Waals surface area contributed by atoms with Gasteiger partial charge in [-0.15, -0.1) is 0 Å². The fourth-order valence-electron chi connectivity index (χ4n) is 3.45. The third kappa shape index (κ3) is 4.47. The fourth-order valence-corrected chi connectivity index (χ4v) is 4.08. The third-order valence-corrected chi connectivity index (χ3v) is 5.41. The summed E-state index contributed by atoms with van der Waals surface area (Å²) in [7, 11) is -1.80. The summed E-state index contributed by atoms with van der Waals surface area (Å²) in [6.07, 6.45) is 7.52. The van der Waals surface area contributed by atoms with Crippen molar-refractivity contribution in [1.82, 2.24) is 4.72 Å². The van der Waals surface area contributed by atoms with Gasteiger partial charge in [-0.1, -0.05) is 13.3 Å². The molecule has 1 unspecified atom stereocenters. The molecular weight excluding hydrogens is 378 g/mol. The summed E-state index contributed by atoms with van der Waals surface area (Å²) >= 11 is 0. The highest BCUT2D eigenvalue weighted by Crippen LogP contribution is 2.43. The van der Waals surface area contributed by atoms with Crippen molar-refractivity contribution in [3.05, 3.63) is 64.8 Å². The number of Topliss-reactive ketones (excluding diaryl/α,β-unsaturated/α-hetero) is 1.